The molecule has 0 unspecified atom stereocenters. The van der Waals surface area contributed by atoms with E-state index in [-0.39, 0.29) is 30.2 Å². The fourth-order valence-corrected chi connectivity index (χ4v) is 2.51. The number of amides is 1. The van der Waals surface area contributed by atoms with Crippen LogP contribution >= 0.6 is 11.6 Å². The lowest BCUT2D eigenvalue weighted by molar-refractivity contribution is -0.386. The minimum Gasteiger partial charge on any atom is -0.454 e. The van der Waals surface area contributed by atoms with Gasteiger partial charge in [0.15, 0.2) is 6.61 Å². The van der Waals surface area contributed by atoms with Crippen LogP contribution in [-0.4, -0.2) is 33.2 Å². The second-order valence-corrected chi connectivity index (χ2v) is 5.87. The van der Waals surface area contributed by atoms with Crippen LogP contribution in [-0.2, 0) is 27.4 Å². The SMILES string of the molecule is Cc1nn(CC(=O)OCC(=O)NCc2ccccc2Cl)c(C)c1[N+](=O)[O-]. The van der Waals surface area contributed by atoms with Crippen LogP contribution in [0.25, 0.3) is 0 Å². The zero-order chi connectivity index (χ0) is 19.3. The van der Waals surface area contributed by atoms with Gasteiger partial charge in [-0.05, 0) is 25.5 Å². The summed E-state index contributed by atoms with van der Waals surface area (Å²) in [5.74, 6) is -1.21. The molecule has 2 rings (SSSR count). The number of nitrogens with one attached hydrogen (secondary N) is 1. The number of rotatable bonds is 7. The van der Waals surface area contributed by atoms with Crippen molar-refractivity contribution in [2.45, 2.75) is 26.9 Å². The second-order valence-electron chi connectivity index (χ2n) is 5.46. The molecule has 1 N–H and O–H groups in total. The van der Waals surface area contributed by atoms with Gasteiger partial charge in [-0.2, -0.15) is 5.10 Å². The summed E-state index contributed by atoms with van der Waals surface area (Å²) in [6.07, 6.45) is 0. The van der Waals surface area contributed by atoms with Gasteiger partial charge in [-0.1, -0.05) is 29.8 Å². The van der Waals surface area contributed by atoms with Crippen LogP contribution in [0.4, 0.5) is 5.69 Å². The quantitative estimate of drug-likeness (QED) is 0.445. The first-order valence-corrected chi connectivity index (χ1v) is 8.01. The van der Waals surface area contributed by atoms with Gasteiger partial charge >= 0.3 is 11.7 Å². The van der Waals surface area contributed by atoms with Crippen molar-refractivity contribution >= 4 is 29.2 Å². The molecule has 10 heteroatoms. The van der Waals surface area contributed by atoms with Gasteiger partial charge in [0.05, 0.1) is 4.92 Å². The van der Waals surface area contributed by atoms with Gasteiger partial charge in [0.1, 0.15) is 17.9 Å². The summed E-state index contributed by atoms with van der Waals surface area (Å²) in [4.78, 5) is 34.0. The number of carbonyl (C=O) groups is 2. The average molecular weight is 381 g/mol. The number of hydrogen-bond donors (Lipinski definition) is 1. The van der Waals surface area contributed by atoms with Crippen LogP contribution in [0.15, 0.2) is 24.3 Å². The third kappa shape index (κ3) is 4.79. The third-order valence-electron chi connectivity index (χ3n) is 3.60. The second kappa shape index (κ2) is 8.43. The molecule has 2 aromatic rings. The van der Waals surface area contributed by atoms with Crippen LogP contribution in [0.2, 0.25) is 5.02 Å². The van der Waals surface area contributed by atoms with Crippen LogP contribution in [0.5, 0.6) is 0 Å². The molecule has 0 bridgehead atoms. The van der Waals surface area contributed by atoms with Crippen molar-refractivity contribution in [1.29, 1.82) is 0 Å². The number of aryl methyl sites for hydroxylation is 1. The molecule has 0 saturated carbocycles. The van der Waals surface area contributed by atoms with Crippen molar-refractivity contribution in [2.24, 2.45) is 0 Å². The Balaban J connectivity index is 1.83. The predicted octanol–water partition coefficient (Wildman–Crippen LogP) is 1.92. The summed E-state index contributed by atoms with van der Waals surface area (Å²) in [5, 5.41) is 18.0. The van der Waals surface area contributed by atoms with E-state index in [9.17, 15) is 19.7 Å². The zero-order valence-electron chi connectivity index (χ0n) is 14.2. The molecule has 0 aliphatic rings. The number of carbonyl (C=O) groups excluding carboxylic acids is 2. The minimum absolute atomic E-state index is 0.143. The lowest BCUT2D eigenvalue weighted by atomic mass is 10.2. The molecule has 1 amide bonds. The summed E-state index contributed by atoms with van der Waals surface area (Å²) in [7, 11) is 0. The van der Waals surface area contributed by atoms with E-state index in [0.29, 0.717) is 5.02 Å². The molecule has 0 aliphatic carbocycles. The lowest BCUT2D eigenvalue weighted by Crippen LogP contribution is -2.29. The molecule has 9 nitrogen and oxygen atoms in total. The van der Waals surface area contributed by atoms with E-state index in [1.807, 2.05) is 0 Å². The number of hydrogen-bond acceptors (Lipinski definition) is 6. The topological polar surface area (TPSA) is 116 Å². The first kappa shape index (κ1) is 19.4. The Morgan fingerprint density at radius 3 is 2.65 bits per heavy atom. The van der Waals surface area contributed by atoms with Gasteiger partial charge < -0.3 is 10.1 Å². The first-order valence-electron chi connectivity index (χ1n) is 7.63. The first-order chi connectivity index (χ1) is 12.3. The van der Waals surface area contributed by atoms with E-state index in [0.717, 1.165) is 5.56 Å². The minimum atomic E-state index is -0.724. The highest BCUT2D eigenvalue weighted by molar-refractivity contribution is 6.31. The highest BCUT2D eigenvalue weighted by atomic mass is 35.5. The largest absolute Gasteiger partial charge is 0.454 e. The van der Waals surface area contributed by atoms with E-state index in [1.165, 1.54) is 18.5 Å². The molecule has 0 radical (unpaired) electrons. The maximum atomic E-state index is 11.8. The summed E-state index contributed by atoms with van der Waals surface area (Å²) in [6.45, 7) is 2.39. The van der Waals surface area contributed by atoms with Crippen molar-refractivity contribution < 1.29 is 19.2 Å². The van der Waals surface area contributed by atoms with Crippen molar-refractivity contribution in [3.8, 4) is 0 Å². The molecule has 1 heterocycles. The highest BCUT2D eigenvalue weighted by Crippen LogP contribution is 2.21. The molecule has 26 heavy (non-hydrogen) atoms. The Bertz CT molecular complexity index is 849. The van der Waals surface area contributed by atoms with Crippen LogP contribution in [0, 0.1) is 24.0 Å². The monoisotopic (exact) mass is 380 g/mol. The third-order valence-corrected chi connectivity index (χ3v) is 3.97. The summed E-state index contributed by atoms with van der Waals surface area (Å²) in [6, 6.07) is 7.04. The van der Waals surface area contributed by atoms with Gasteiger partial charge in [0.2, 0.25) is 0 Å². The molecule has 1 aromatic carbocycles. The Hall–Kier alpha value is -2.94. The zero-order valence-corrected chi connectivity index (χ0v) is 14.9. The van der Waals surface area contributed by atoms with E-state index in [1.54, 1.807) is 24.3 Å². The summed E-state index contributed by atoms with van der Waals surface area (Å²) in [5.41, 5.74) is 1.05. The molecule has 0 aliphatic heterocycles. The number of nitrogens with zero attached hydrogens (tertiary/aromatic N) is 3. The maximum absolute atomic E-state index is 11.8. The van der Waals surface area contributed by atoms with Crippen molar-refractivity contribution in [3.05, 3.63) is 56.4 Å². The molecule has 1 aromatic heterocycles. The van der Waals surface area contributed by atoms with E-state index >= 15 is 0 Å². The number of nitro groups is 1. The van der Waals surface area contributed by atoms with Gasteiger partial charge in [0.25, 0.3) is 5.91 Å². The molecule has 0 atom stereocenters. The normalized spacial score (nSPS) is 10.4. The smallest absolute Gasteiger partial charge is 0.328 e. The highest BCUT2D eigenvalue weighted by Gasteiger charge is 2.23. The number of halogens is 1. The van der Waals surface area contributed by atoms with E-state index in [4.69, 9.17) is 16.3 Å². The number of benzene rings is 1. The van der Waals surface area contributed by atoms with Crippen molar-refractivity contribution in [3.63, 3.8) is 0 Å². The molecular formula is C16H17ClN4O5. The van der Waals surface area contributed by atoms with Gasteiger partial charge in [-0.25, -0.2) is 0 Å². The number of ether oxygens (including phenoxy) is 1. The fraction of sp³-hybridized carbons (Fsp3) is 0.312. The van der Waals surface area contributed by atoms with Gasteiger partial charge in [-0.3, -0.25) is 24.4 Å². The fourth-order valence-electron chi connectivity index (χ4n) is 2.31. The molecule has 0 fully saturated rings. The Labute approximate surface area is 154 Å². The van der Waals surface area contributed by atoms with Crippen molar-refractivity contribution in [2.75, 3.05) is 6.61 Å². The number of aromatic nitrogens is 2. The van der Waals surface area contributed by atoms with E-state index in [2.05, 4.69) is 10.4 Å². The lowest BCUT2D eigenvalue weighted by Gasteiger charge is -2.08. The summed E-state index contributed by atoms with van der Waals surface area (Å²) < 4.78 is 6.05. The Kier molecular flexibility index (Phi) is 6.29. The van der Waals surface area contributed by atoms with Crippen molar-refractivity contribution in [1.82, 2.24) is 15.1 Å². The molecular weight excluding hydrogens is 364 g/mol. The summed E-state index contributed by atoms with van der Waals surface area (Å²) >= 11 is 5.98. The Morgan fingerprint density at radius 2 is 2.04 bits per heavy atom. The van der Waals surface area contributed by atoms with Gasteiger partial charge in [0, 0.05) is 11.6 Å². The maximum Gasteiger partial charge on any atom is 0.328 e. The Morgan fingerprint density at radius 1 is 1.35 bits per heavy atom. The average Bonchev–Trinajstić information content (AvgIpc) is 2.86. The van der Waals surface area contributed by atoms with Crippen LogP contribution in [0.1, 0.15) is 17.0 Å². The van der Waals surface area contributed by atoms with Crippen LogP contribution in [0.3, 0.4) is 0 Å². The molecule has 0 spiro atoms. The molecule has 0 saturated heterocycles. The predicted molar refractivity (Wildman–Crippen MR) is 92.6 cm³/mol. The molecule has 138 valence electrons. The number of esters is 1. The van der Waals surface area contributed by atoms with Crippen LogP contribution < -0.4 is 5.32 Å². The van der Waals surface area contributed by atoms with E-state index < -0.39 is 23.4 Å². The standard InChI is InChI=1S/C16H17ClN4O5/c1-10-16(21(24)25)11(2)20(19-10)8-15(23)26-9-14(22)18-7-12-5-3-4-6-13(12)17/h3-6H,7-9H2,1-2H3,(H,18,22). The van der Waals surface area contributed by atoms with Gasteiger partial charge in [-0.15, -0.1) is 0 Å².